The van der Waals surface area contributed by atoms with Gasteiger partial charge < -0.3 is 14.4 Å². The molecule has 232 valence electrons. The molecule has 5 aromatic rings. The highest BCUT2D eigenvalue weighted by Crippen LogP contribution is 2.50. The largest absolute Gasteiger partial charge is 0.490 e. The van der Waals surface area contributed by atoms with Crippen molar-refractivity contribution < 1.29 is 9.47 Å². The minimum absolute atomic E-state index is 0.350. The van der Waals surface area contributed by atoms with Crippen molar-refractivity contribution in [3.63, 3.8) is 0 Å². The van der Waals surface area contributed by atoms with Gasteiger partial charge >= 0.3 is 0 Å². The number of hydrogen-bond acceptors (Lipinski definition) is 4. The highest BCUT2D eigenvalue weighted by Gasteiger charge is 2.35. The molecule has 46 heavy (non-hydrogen) atoms. The van der Waals surface area contributed by atoms with Crippen LogP contribution < -0.4 is 14.4 Å². The summed E-state index contributed by atoms with van der Waals surface area (Å²) in [5.41, 5.74) is 10.0. The number of anilines is 1. The second-order valence-corrected chi connectivity index (χ2v) is 14.0. The Balaban J connectivity index is 1.25. The quantitative estimate of drug-likeness (QED) is 0.110. The molecule has 2 aliphatic rings. The highest BCUT2D eigenvalue weighted by molar-refractivity contribution is 14.1. The Morgan fingerprint density at radius 1 is 0.804 bits per heavy atom. The topological polar surface area (TPSA) is 34.1 Å². The summed E-state index contributed by atoms with van der Waals surface area (Å²) in [5, 5.41) is 0. The van der Waals surface area contributed by atoms with Crippen molar-refractivity contribution in [1.29, 1.82) is 0 Å². The zero-order chi connectivity index (χ0) is 31.5. The van der Waals surface area contributed by atoms with Gasteiger partial charge in [0.05, 0.1) is 15.9 Å². The van der Waals surface area contributed by atoms with Crippen molar-refractivity contribution in [2.24, 2.45) is 4.99 Å². The van der Waals surface area contributed by atoms with Crippen LogP contribution in [0.1, 0.15) is 65.0 Å². The number of rotatable bonds is 9. The molecule has 0 spiro atoms. The molecule has 0 aromatic heterocycles. The van der Waals surface area contributed by atoms with Crippen LogP contribution in [-0.2, 0) is 6.61 Å². The molecule has 0 unspecified atom stereocenters. The molecule has 0 amide bonds. The SMILES string of the molecule is CCOc1cc(C=Nc2cc3c4c(c2)[C@H](c2ccccc2)CCN4CC[C@@H]3c2ccccc2)cc(I)c1OCc1ccc(Br)cc1. The van der Waals surface area contributed by atoms with Gasteiger partial charge in [-0.1, -0.05) is 88.7 Å². The minimum Gasteiger partial charge on any atom is -0.490 e. The summed E-state index contributed by atoms with van der Waals surface area (Å²) < 4.78 is 14.4. The molecule has 0 fully saturated rings. The fraction of sp³-hybridized carbons (Fsp3) is 0.225. The fourth-order valence-corrected chi connectivity index (χ4v) is 7.91. The molecule has 0 radical (unpaired) electrons. The van der Waals surface area contributed by atoms with Crippen LogP contribution >= 0.6 is 38.5 Å². The van der Waals surface area contributed by atoms with E-state index < -0.39 is 0 Å². The summed E-state index contributed by atoms with van der Waals surface area (Å²) in [7, 11) is 0. The van der Waals surface area contributed by atoms with Crippen LogP contribution in [0.15, 0.2) is 119 Å². The first-order valence-corrected chi connectivity index (χ1v) is 17.8. The lowest BCUT2D eigenvalue weighted by molar-refractivity contribution is 0.267. The number of halogens is 2. The zero-order valence-electron chi connectivity index (χ0n) is 25.8. The summed E-state index contributed by atoms with van der Waals surface area (Å²) in [5.74, 6) is 2.20. The van der Waals surface area contributed by atoms with Gasteiger partial charge in [0.1, 0.15) is 6.61 Å². The summed E-state index contributed by atoms with van der Waals surface area (Å²) >= 11 is 5.85. The Hall–Kier alpha value is -3.62. The lowest BCUT2D eigenvalue weighted by atomic mass is 9.76. The fourth-order valence-electron chi connectivity index (χ4n) is 6.86. The van der Waals surface area contributed by atoms with Gasteiger partial charge in [0.2, 0.25) is 0 Å². The van der Waals surface area contributed by atoms with Crippen LogP contribution in [0.2, 0.25) is 0 Å². The number of aliphatic imine (C=N–C) groups is 1. The zero-order valence-corrected chi connectivity index (χ0v) is 29.6. The molecule has 2 atom stereocenters. The summed E-state index contributed by atoms with van der Waals surface area (Å²) in [6.45, 7) is 5.19. The van der Waals surface area contributed by atoms with Crippen molar-refractivity contribution in [1.82, 2.24) is 0 Å². The molecule has 2 heterocycles. The first kappa shape index (κ1) is 31.0. The van der Waals surface area contributed by atoms with E-state index in [9.17, 15) is 0 Å². The minimum atomic E-state index is 0.350. The smallest absolute Gasteiger partial charge is 0.175 e. The average molecular weight is 784 g/mol. The number of hydrogen-bond donors (Lipinski definition) is 0. The molecular weight excluding hydrogens is 747 g/mol. The Morgan fingerprint density at radius 2 is 1.41 bits per heavy atom. The van der Waals surface area contributed by atoms with Gasteiger partial charge in [0, 0.05) is 41.3 Å². The lowest BCUT2D eigenvalue weighted by Crippen LogP contribution is -2.37. The number of benzene rings is 5. The molecular formula is C40H36BrIN2O2. The molecule has 6 heteroatoms. The van der Waals surface area contributed by atoms with E-state index in [-0.39, 0.29) is 0 Å². The summed E-state index contributed by atoms with van der Waals surface area (Å²) in [6.07, 6.45) is 4.19. The summed E-state index contributed by atoms with van der Waals surface area (Å²) in [4.78, 5) is 7.74. The van der Waals surface area contributed by atoms with E-state index in [1.165, 1.54) is 27.9 Å². The van der Waals surface area contributed by atoms with Crippen LogP contribution in [0.25, 0.3) is 0 Å². The van der Waals surface area contributed by atoms with E-state index in [1.807, 2.05) is 31.3 Å². The third kappa shape index (κ3) is 6.60. The molecule has 7 rings (SSSR count). The van der Waals surface area contributed by atoms with E-state index in [0.29, 0.717) is 25.0 Å². The molecule has 0 saturated carbocycles. The Morgan fingerprint density at radius 3 is 2.00 bits per heavy atom. The standard InChI is InChI=1S/C40H36BrIN2O2/c1-2-45-38-22-28(21-37(42)40(38)46-26-27-13-15-31(41)16-14-27)25-43-32-23-35-33(29-9-5-3-6-10-29)17-19-44-20-18-34(36(24-32)39(35)44)30-11-7-4-8-12-30/h3-16,21-25,33-34H,2,17-20,26H2,1H3/t33-,34+. The van der Waals surface area contributed by atoms with E-state index in [0.717, 1.165) is 62.3 Å². The highest BCUT2D eigenvalue weighted by atomic mass is 127. The maximum absolute atomic E-state index is 6.28. The van der Waals surface area contributed by atoms with Gasteiger partial charge in [-0.15, -0.1) is 0 Å². The maximum Gasteiger partial charge on any atom is 0.175 e. The lowest BCUT2D eigenvalue weighted by Gasteiger charge is -2.43. The molecule has 5 aromatic carbocycles. The third-order valence-corrected chi connectivity index (χ3v) is 10.3. The molecule has 0 bridgehead atoms. The molecule has 0 aliphatic carbocycles. The Kier molecular flexibility index (Phi) is 9.45. The van der Waals surface area contributed by atoms with Gasteiger partial charge in [-0.05, 0) is 112 Å². The van der Waals surface area contributed by atoms with E-state index in [4.69, 9.17) is 14.5 Å². The van der Waals surface area contributed by atoms with Crippen LogP contribution in [0.4, 0.5) is 11.4 Å². The first-order chi connectivity index (χ1) is 22.6. The van der Waals surface area contributed by atoms with Crippen LogP contribution in [0, 0.1) is 3.57 Å². The molecule has 0 N–H and O–H groups in total. The Bertz CT molecular complexity index is 1770. The number of nitrogens with zero attached hydrogens (tertiary/aromatic N) is 2. The van der Waals surface area contributed by atoms with Crippen molar-refractivity contribution >= 4 is 56.1 Å². The summed E-state index contributed by atoms with van der Waals surface area (Å²) in [6, 6.07) is 39.0. The molecule has 2 aliphatic heterocycles. The molecule has 4 nitrogen and oxygen atoms in total. The van der Waals surface area contributed by atoms with Gasteiger partial charge in [0.25, 0.3) is 0 Å². The Labute approximate surface area is 293 Å². The van der Waals surface area contributed by atoms with E-state index in [1.54, 1.807) is 0 Å². The predicted molar refractivity (Wildman–Crippen MR) is 201 cm³/mol. The van der Waals surface area contributed by atoms with Crippen LogP contribution in [0.5, 0.6) is 11.5 Å². The van der Waals surface area contributed by atoms with E-state index in [2.05, 4.69) is 134 Å². The monoisotopic (exact) mass is 782 g/mol. The van der Waals surface area contributed by atoms with Gasteiger partial charge in [-0.2, -0.15) is 0 Å². The van der Waals surface area contributed by atoms with Crippen molar-refractivity contribution in [2.75, 3.05) is 24.6 Å². The van der Waals surface area contributed by atoms with Gasteiger partial charge in [0.15, 0.2) is 11.5 Å². The normalized spacial score (nSPS) is 17.2. The van der Waals surface area contributed by atoms with Gasteiger partial charge in [-0.25, -0.2) is 0 Å². The van der Waals surface area contributed by atoms with Crippen molar-refractivity contribution in [3.8, 4) is 11.5 Å². The third-order valence-electron chi connectivity index (χ3n) is 8.99. The average Bonchev–Trinajstić information content (AvgIpc) is 3.09. The van der Waals surface area contributed by atoms with Crippen molar-refractivity contribution in [2.45, 2.75) is 38.2 Å². The predicted octanol–water partition coefficient (Wildman–Crippen LogP) is 10.7. The maximum atomic E-state index is 6.28. The second-order valence-electron chi connectivity index (χ2n) is 11.9. The van der Waals surface area contributed by atoms with Crippen LogP contribution in [-0.4, -0.2) is 25.9 Å². The van der Waals surface area contributed by atoms with Gasteiger partial charge in [-0.3, -0.25) is 4.99 Å². The van der Waals surface area contributed by atoms with Crippen LogP contribution in [0.3, 0.4) is 0 Å². The molecule has 0 saturated heterocycles. The van der Waals surface area contributed by atoms with E-state index >= 15 is 0 Å². The second kappa shape index (κ2) is 14.0. The number of ether oxygens (including phenoxy) is 2. The van der Waals surface area contributed by atoms with Crippen molar-refractivity contribution in [3.05, 3.63) is 151 Å². The first-order valence-electron chi connectivity index (χ1n) is 16.0.